The Labute approximate surface area is 133 Å². The van der Waals surface area contributed by atoms with Gasteiger partial charge in [-0.1, -0.05) is 42.0 Å². The molecule has 114 valence electrons. The van der Waals surface area contributed by atoms with Gasteiger partial charge in [-0.05, 0) is 24.6 Å². The lowest BCUT2D eigenvalue weighted by Crippen LogP contribution is -2.25. The molecule has 0 radical (unpaired) electrons. The van der Waals surface area contributed by atoms with E-state index >= 15 is 0 Å². The molecule has 0 fully saturated rings. The van der Waals surface area contributed by atoms with Crippen LogP contribution < -0.4 is 5.43 Å². The van der Waals surface area contributed by atoms with E-state index in [4.69, 9.17) is 4.42 Å². The van der Waals surface area contributed by atoms with Gasteiger partial charge >= 0.3 is 0 Å². The number of hydrogen-bond acceptors (Lipinski definition) is 3. The predicted octanol–water partition coefficient (Wildman–Crippen LogP) is 3.28. The van der Waals surface area contributed by atoms with Crippen LogP contribution in [0.2, 0.25) is 0 Å². The lowest BCUT2D eigenvalue weighted by atomic mass is 9.98. The van der Waals surface area contributed by atoms with E-state index < -0.39 is 6.04 Å². The second kappa shape index (κ2) is 4.81. The van der Waals surface area contributed by atoms with Crippen molar-refractivity contribution in [2.45, 2.75) is 13.0 Å². The Morgan fingerprint density at radius 3 is 2.43 bits per heavy atom. The van der Waals surface area contributed by atoms with Crippen molar-refractivity contribution in [3.05, 3.63) is 81.2 Å². The summed E-state index contributed by atoms with van der Waals surface area (Å²) in [6, 6.07) is 14.5. The topological polar surface area (TPSA) is 50.5 Å². The standard InChI is InChI=1S/C19H15NO3/c1-11-7-9-12(10-8-11)16-15-17(21)13-5-3-4-6-14(13)23-18(15)19(22)20(16)2/h3-10,16H,1-2H3. The highest BCUT2D eigenvalue weighted by Crippen LogP contribution is 2.36. The maximum absolute atomic E-state index is 12.9. The molecular weight excluding hydrogens is 290 g/mol. The molecule has 0 saturated carbocycles. The number of hydrogen-bond donors (Lipinski definition) is 0. The Balaban J connectivity index is 2.03. The van der Waals surface area contributed by atoms with Gasteiger partial charge in [0, 0.05) is 7.05 Å². The van der Waals surface area contributed by atoms with Gasteiger partial charge in [0.25, 0.3) is 5.91 Å². The molecule has 2 aromatic carbocycles. The molecule has 0 saturated heterocycles. The van der Waals surface area contributed by atoms with Crippen LogP contribution in [0.25, 0.3) is 11.0 Å². The van der Waals surface area contributed by atoms with Crippen LogP contribution in [0.3, 0.4) is 0 Å². The minimum Gasteiger partial charge on any atom is -0.450 e. The largest absolute Gasteiger partial charge is 0.450 e. The first-order valence-electron chi connectivity index (χ1n) is 7.47. The summed E-state index contributed by atoms with van der Waals surface area (Å²) in [6.45, 7) is 2.00. The highest BCUT2D eigenvalue weighted by Gasteiger charge is 2.40. The first-order chi connectivity index (χ1) is 11.1. The van der Waals surface area contributed by atoms with Crippen molar-refractivity contribution in [2.24, 2.45) is 0 Å². The fraction of sp³-hybridized carbons (Fsp3) is 0.158. The average Bonchev–Trinajstić information content (AvgIpc) is 2.81. The van der Waals surface area contributed by atoms with E-state index in [-0.39, 0.29) is 17.1 Å². The molecule has 1 atom stereocenters. The maximum Gasteiger partial charge on any atom is 0.290 e. The summed E-state index contributed by atoms with van der Waals surface area (Å²) in [5.41, 5.74) is 2.78. The molecule has 2 heterocycles. The molecule has 0 N–H and O–H groups in total. The Hall–Kier alpha value is -2.88. The van der Waals surface area contributed by atoms with Crippen LogP contribution in [0.4, 0.5) is 0 Å². The number of nitrogens with zero attached hydrogens (tertiary/aromatic N) is 1. The molecule has 3 aromatic rings. The zero-order valence-electron chi connectivity index (χ0n) is 12.9. The minimum absolute atomic E-state index is 0.134. The molecule has 4 nitrogen and oxygen atoms in total. The van der Waals surface area contributed by atoms with Gasteiger partial charge in [-0.2, -0.15) is 0 Å². The van der Waals surface area contributed by atoms with E-state index in [1.165, 1.54) is 0 Å². The van der Waals surface area contributed by atoms with Crippen LogP contribution in [-0.2, 0) is 0 Å². The molecule has 1 amide bonds. The third-order valence-electron chi connectivity index (χ3n) is 4.40. The number of benzene rings is 2. The number of carbonyl (C=O) groups excluding carboxylic acids is 1. The smallest absolute Gasteiger partial charge is 0.290 e. The fourth-order valence-corrected chi connectivity index (χ4v) is 3.17. The van der Waals surface area contributed by atoms with Gasteiger partial charge in [-0.25, -0.2) is 0 Å². The molecule has 1 unspecified atom stereocenters. The minimum atomic E-state index is -0.404. The summed E-state index contributed by atoms with van der Waals surface area (Å²) in [5.74, 6) is -0.102. The molecule has 1 aliphatic heterocycles. The molecule has 4 rings (SSSR count). The average molecular weight is 305 g/mol. The second-order valence-corrected chi connectivity index (χ2v) is 5.90. The van der Waals surface area contributed by atoms with Crippen molar-refractivity contribution < 1.29 is 9.21 Å². The summed E-state index contributed by atoms with van der Waals surface area (Å²) in [6.07, 6.45) is 0. The Bertz CT molecular complexity index is 986. The quantitative estimate of drug-likeness (QED) is 0.693. The van der Waals surface area contributed by atoms with Crippen LogP contribution >= 0.6 is 0 Å². The summed E-state index contributed by atoms with van der Waals surface area (Å²) in [5, 5.41) is 0.506. The maximum atomic E-state index is 12.9. The second-order valence-electron chi connectivity index (χ2n) is 5.90. The van der Waals surface area contributed by atoms with Crippen molar-refractivity contribution in [3.8, 4) is 0 Å². The van der Waals surface area contributed by atoms with Gasteiger partial charge in [-0.3, -0.25) is 9.59 Å². The van der Waals surface area contributed by atoms with Crippen LogP contribution in [0.15, 0.2) is 57.7 Å². The Kier molecular flexibility index (Phi) is 2.88. The lowest BCUT2D eigenvalue weighted by Gasteiger charge is -2.20. The van der Waals surface area contributed by atoms with Crippen LogP contribution in [0.1, 0.15) is 33.3 Å². The molecule has 23 heavy (non-hydrogen) atoms. The van der Waals surface area contributed by atoms with Crippen molar-refractivity contribution >= 4 is 16.9 Å². The van der Waals surface area contributed by atoms with E-state index in [9.17, 15) is 9.59 Å². The molecule has 1 aromatic heterocycles. The lowest BCUT2D eigenvalue weighted by molar-refractivity contribution is 0.0771. The number of rotatable bonds is 1. The summed E-state index contributed by atoms with van der Waals surface area (Å²) < 4.78 is 5.75. The van der Waals surface area contributed by atoms with Crippen molar-refractivity contribution in [1.29, 1.82) is 0 Å². The van der Waals surface area contributed by atoms with Crippen molar-refractivity contribution in [2.75, 3.05) is 7.05 Å². The van der Waals surface area contributed by atoms with Gasteiger partial charge < -0.3 is 9.32 Å². The number of aryl methyl sites for hydroxylation is 1. The Morgan fingerprint density at radius 2 is 1.70 bits per heavy atom. The highest BCUT2D eigenvalue weighted by atomic mass is 16.3. The fourth-order valence-electron chi connectivity index (χ4n) is 3.17. The van der Waals surface area contributed by atoms with Gasteiger partial charge in [-0.15, -0.1) is 0 Å². The van der Waals surface area contributed by atoms with E-state index in [1.54, 1.807) is 36.2 Å². The molecule has 0 bridgehead atoms. The first-order valence-corrected chi connectivity index (χ1v) is 7.47. The third kappa shape index (κ3) is 1.91. The summed E-state index contributed by atoms with van der Waals surface area (Å²) in [7, 11) is 1.70. The Morgan fingerprint density at radius 1 is 1.00 bits per heavy atom. The van der Waals surface area contributed by atoms with Crippen molar-refractivity contribution in [1.82, 2.24) is 4.90 Å². The number of amides is 1. The summed E-state index contributed by atoms with van der Waals surface area (Å²) >= 11 is 0. The summed E-state index contributed by atoms with van der Waals surface area (Å²) in [4.78, 5) is 27.0. The van der Waals surface area contributed by atoms with Gasteiger partial charge in [0.05, 0.1) is 17.0 Å². The van der Waals surface area contributed by atoms with E-state index in [1.807, 2.05) is 31.2 Å². The van der Waals surface area contributed by atoms with Gasteiger partial charge in [0.1, 0.15) is 5.58 Å². The zero-order valence-corrected chi connectivity index (χ0v) is 12.9. The number of para-hydroxylation sites is 1. The van der Waals surface area contributed by atoms with Gasteiger partial charge in [0.2, 0.25) is 5.76 Å². The van der Waals surface area contributed by atoms with E-state index in [0.29, 0.717) is 16.5 Å². The highest BCUT2D eigenvalue weighted by molar-refractivity contribution is 5.98. The SMILES string of the molecule is Cc1ccc(C2c3c(oc4ccccc4c3=O)C(=O)N2C)cc1. The number of carbonyl (C=O) groups is 1. The molecule has 0 spiro atoms. The van der Waals surface area contributed by atoms with E-state index in [2.05, 4.69) is 0 Å². The molecule has 0 aliphatic carbocycles. The molecule has 4 heteroatoms. The van der Waals surface area contributed by atoms with Crippen LogP contribution in [0, 0.1) is 6.92 Å². The van der Waals surface area contributed by atoms with Crippen molar-refractivity contribution in [3.63, 3.8) is 0 Å². The number of fused-ring (bicyclic) bond motifs is 2. The monoisotopic (exact) mass is 305 g/mol. The molecule has 1 aliphatic rings. The zero-order chi connectivity index (χ0) is 16.1. The first kappa shape index (κ1) is 13.8. The third-order valence-corrected chi connectivity index (χ3v) is 4.40. The molecular formula is C19H15NO3. The normalized spacial score (nSPS) is 16.9. The predicted molar refractivity (Wildman–Crippen MR) is 87.6 cm³/mol. The van der Waals surface area contributed by atoms with E-state index in [0.717, 1.165) is 11.1 Å². The van der Waals surface area contributed by atoms with Crippen LogP contribution in [-0.4, -0.2) is 17.9 Å². The van der Waals surface area contributed by atoms with Gasteiger partial charge in [0.15, 0.2) is 5.43 Å². The van der Waals surface area contributed by atoms with Crippen LogP contribution in [0.5, 0.6) is 0 Å².